The zero-order valence-electron chi connectivity index (χ0n) is 7.93. The number of hydrogen-bond acceptors (Lipinski definition) is 3. The van der Waals surface area contributed by atoms with E-state index in [0.29, 0.717) is 25.1 Å². The van der Waals surface area contributed by atoms with Crippen LogP contribution in [0.4, 0.5) is 0 Å². The molecule has 0 aliphatic heterocycles. The topological polar surface area (TPSA) is 81.1 Å². The van der Waals surface area contributed by atoms with Gasteiger partial charge in [-0.25, -0.2) is 0 Å². The molecule has 1 fully saturated rings. The minimum atomic E-state index is 0.535. The van der Waals surface area contributed by atoms with Gasteiger partial charge in [0.1, 0.15) is 0 Å². The first-order valence-electron chi connectivity index (χ1n) is 4.75. The van der Waals surface area contributed by atoms with Crippen LogP contribution in [0.5, 0.6) is 0 Å². The van der Waals surface area contributed by atoms with E-state index in [1.54, 1.807) is 17.1 Å². The zero-order chi connectivity index (χ0) is 9.80. The van der Waals surface area contributed by atoms with Crippen LogP contribution in [0.2, 0.25) is 0 Å². The summed E-state index contributed by atoms with van der Waals surface area (Å²) in [4.78, 5) is 4.17. The first kappa shape index (κ1) is 8.98. The van der Waals surface area contributed by atoms with Crippen molar-refractivity contribution >= 4 is 5.96 Å². The number of hydrogen-bond donors (Lipinski definition) is 2. The molecule has 0 radical (unpaired) electrons. The molecule has 1 aromatic heterocycles. The van der Waals surface area contributed by atoms with E-state index in [2.05, 4.69) is 20.6 Å². The zero-order valence-corrected chi connectivity index (χ0v) is 7.93. The highest BCUT2D eigenvalue weighted by molar-refractivity contribution is 5.78. The predicted molar refractivity (Wildman–Crippen MR) is 52.7 cm³/mol. The van der Waals surface area contributed by atoms with Gasteiger partial charge < -0.3 is 11.1 Å². The van der Waals surface area contributed by atoms with Crippen LogP contribution >= 0.6 is 0 Å². The summed E-state index contributed by atoms with van der Waals surface area (Å²) in [5, 5.41) is 10.6. The fourth-order valence-corrected chi connectivity index (χ4v) is 1.11. The SMILES string of the molecule is NC(=NCCn1ccnn1)NC1CC1. The molecule has 2 rings (SSSR count). The standard InChI is InChI=1S/C8H14N6/c9-8(12-7-1-2-7)10-3-5-14-6-4-11-13-14/h4,6-7H,1-3,5H2,(H3,9,10,12). The van der Waals surface area contributed by atoms with Crippen LogP contribution in [-0.2, 0) is 6.54 Å². The van der Waals surface area contributed by atoms with Gasteiger partial charge in [-0.15, -0.1) is 5.10 Å². The first-order valence-corrected chi connectivity index (χ1v) is 4.75. The molecule has 0 atom stereocenters. The molecule has 6 heteroatoms. The van der Waals surface area contributed by atoms with Gasteiger partial charge in [-0.2, -0.15) is 0 Å². The molecule has 14 heavy (non-hydrogen) atoms. The summed E-state index contributed by atoms with van der Waals surface area (Å²) in [5.74, 6) is 0.535. The number of aromatic nitrogens is 3. The van der Waals surface area contributed by atoms with Crippen LogP contribution < -0.4 is 11.1 Å². The van der Waals surface area contributed by atoms with Crippen molar-refractivity contribution in [3.63, 3.8) is 0 Å². The number of nitrogens with two attached hydrogens (primary N) is 1. The van der Waals surface area contributed by atoms with Gasteiger partial charge in [-0.3, -0.25) is 9.67 Å². The molecule has 0 saturated heterocycles. The molecule has 0 amide bonds. The van der Waals surface area contributed by atoms with Gasteiger partial charge in [0.05, 0.1) is 19.3 Å². The Morgan fingerprint density at radius 3 is 3.14 bits per heavy atom. The van der Waals surface area contributed by atoms with Crippen molar-refractivity contribution in [1.82, 2.24) is 20.3 Å². The van der Waals surface area contributed by atoms with E-state index in [9.17, 15) is 0 Å². The Labute approximate surface area is 82.2 Å². The molecule has 1 aliphatic rings. The minimum Gasteiger partial charge on any atom is -0.370 e. The van der Waals surface area contributed by atoms with E-state index in [-0.39, 0.29) is 0 Å². The van der Waals surface area contributed by atoms with Crippen molar-refractivity contribution in [1.29, 1.82) is 0 Å². The van der Waals surface area contributed by atoms with Gasteiger partial charge in [0.25, 0.3) is 0 Å². The Kier molecular flexibility index (Phi) is 2.62. The van der Waals surface area contributed by atoms with Crippen molar-refractivity contribution in [3.8, 4) is 0 Å². The second kappa shape index (κ2) is 4.08. The van der Waals surface area contributed by atoms with Crippen molar-refractivity contribution in [3.05, 3.63) is 12.4 Å². The lowest BCUT2D eigenvalue weighted by Crippen LogP contribution is -2.33. The molecule has 1 aliphatic carbocycles. The van der Waals surface area contributed by atoms with E-state index >= 15 is 0 Å². The Balaban J connectivity index is 1.69. The lowest BCUT2D eigenvalue weighted by molar-refractivity contribution is 0.597. The van der Waals surface area contributed by atoms with Crippen molar-refractivity contribution in [2.75, 3.05) is 6.54 Å². The van der Waals surface area contributed by atoms with Gasteiger partial charge in [-0.1, -0.05) is 5.21 Å². The molecule has 0 unspecified atom stereocenters. The number of nitrogens with zero attached hydrogens (tertiary/aromatic N) is 4. The predicted octanol–water partition coefficient (Wildman–Crippen LogP) is -0.655. The Morgan fingerprint density at radius 2 is 2.50 bits per heavy atom. The van der Waals surface area contributed by atoms with Crippen LogP contribution in [0.1, 0.15) is 12.8 Å². The van der Waals surface area contributed by atoms with Gasteiger partial charge >= 0.3 is 0 Å². The Hall–Kier alpha value is -1.59. The molecular weight excluding hydrogens is 180 g/mol. The smallest absolute Gasteiger partial charge is 0.188 e. The molecule has 3 N–H and O–H groups in total. The van der Waals surface area contributed by atoms with Crippen molar-refractivity contribution in [2.24, 2.45) is 10.7 Å². The summed E-state index contributed by atoms with van der Waals surface area (Å²) in [7, 11) is 0. The second-order valence-electron chi connectivity index (χ2n) is 3.35. The van der Waals surface area contributed by atoms with Crippen LogP contribution in [0, 0.1) is 0 Å². The average molecular weight is 194 g/mol. The first-order chi connectivity index (χ1) is 6.84. The summed E-state index contributed by atoms with van der Waals surface area (Å²) in [6.45, 7) is 1.35. The highest BCUT2D eigenvalue weighted by Gasteiger charge is 2.21. The van der Waals surface area contributed by atoms with Crippen LogP contribution in [-0.4, -0.2) is 33.5 Å². The van der Waals surface area contributed by atoms with Crippen LogP contribution in [0.25, 0.3) is 0 Å². The molecule has 0 spiro atoms. The fourth-order valence-electron chi connectivity index (χ4n) is 1.11. The lowest BCUT2D eigenvalue weighted by Gasteiger charge is -2.02. The number of nitrogens with one attached hydrogen (secondary N) is 1. The normalized spacial score (nSPS) is 17.0. The van der Waals surface area contributed by atoms with Gasteiger partial charge in [-0.05, 0) is 12.8 Å². The molecule has 1 saturated carbocycles. The van der Waals surface area contributed by atoms with Crippen molar-refractivity contribution in [2.45, 2.75) is 25.4 Å². The van der Waals surface area contributed by atoms with Gasteiger partial charge in [0.15, 0.2) is 5.96 Å². The van der Waals surface area contributed by atoms with Crippen LogP contribution in [0.3, 0.4) is 0 Å². The summed E-state index contributed by atoms with van der Waals surface area (Å²) in [6.07, 6.45) is 5.87. The third-order valence-electron chi connectivity index (χ3n) is 2.01. The highest BCUT2D eigenvalue weighted by atomic mass is 15.4. The average Bonchev–Trinajstić information content (AvgIpc) is 2.82. The van der Waals surface area contributed by atoms with E-state index in [4.69, 9.17) is 5.73 Å². The molecule has 76 valence electrons. The Bertz CT molecular complexity index is 300. The maximum Gasteiger partial charge on any atom is 0.188 e. The van der Waals surface area contributed by atoms with E-state index in [0.717, 1.165) is 0 Å². The maximum absolute atomic E-state index is 5.65. The molecule has 6 nitrogen and oxygen atoms in total. The fraction of sp³-hybridized carbons (Fsp3) is 0.625. The monoisotopic (exact) mass is 194 g/mol. The Morgan fingerprint density at radius 1 is 1.64 bits per heavy atom. The highest BCUT2D eigenvalue weighted by Crippen LogP contribution is 2.17. The van der Waals surface area contributed by atoms with Gasteiger partial charge in [0, 0.05) is 12.2 Å². The molecule has 0 aromatic carbocycles. The van der Waals surface area contributed by atoms with Crippen molar-refractivity contribution < 1.29 is 0 Å². The molecule has 1 aromatic rings. The number of guanidine groups is 1. The maximum atomic E-state index is 5.65. The lowest BCUT2D eigenvalue weighted by atomic mass is 10.6. The van der Waals surface area contributed by atoms with Gasteiger partial charge in [0.2, 0.25) is 0 Å². The summed E-state index contributed by atoms with van der Waals surface area (Å²) >= 11 is 0. The summed E-state index contributed by atoms with van der Waals surface area (Å²) in [5.41, 5.74) is 5.65. The summed E-state index contributed by atoms with van der Waals surface area (Å²) in [6, 6.07) is 0.560. The largest absolute Gasteiger partial charge is 0.370 e. The summed E-state index contributed by atoms with van der Waals surface area (Å²) < 4.78 is 1.73. The van der Waals surface area contributed by atoms with Crippen LogP contribution in [0.15, 0.2) is 17.4 Å². The molecule has 1 heterocycles. The number of aliphatic imine (C=N–C) groups is 1. The van der Waals surface area contributed by atoms with E-state index in [1.165, 1.54) is 12.8 Å². The third-order valence-corrected chi connectivity index (χ3v) is 2.01. The third kappa shape index (κ3) is 2.72. The number of rotatable bonds is 4. The molecule has 0 bridgehead atoms. The van der Waals surface area contributed by atoms with E-state index in [1.807, 2.05) is 0 Å². The van der Waals surface area contributed by atoms with E-state index < -0.39 is 0 Å². The molecular formula is C8H14N6. The second-order valence-corrected chi connectivity index (χ2v) is 3.35. The minimum absolute atomic E-state index is 0.535. The quantitative estimate of drug-likeness (QED) is 0.492.